The van der Waals surface area contributed by atoms with Crippen LogP contribution in [-0.2, 0) is 32.6 Å². The molecule has 0 aliphatic rings. The molecule has 3 aromatic rings. The molecule has 0 bridgehead atoms. The van der Waals surface area contributed by atoms with Gasteiger partial charge in [-0.25, -0.2) is 8.42 Å². The van der Waals surface area contributed by atoms with Crippen LogP contribution in [0.5, 0.6) is 0 Å². The van der Waals surface area contributed by atoms with Gasteiger partial charge in [0.25, 0.3) is 0 Å². The Hall–Kier alpha value is -3.36. The number of anilines is 1. The molecule has 3 aromatic carbocycles. The predicted octanol–water partition coefficient (Wildman–Crippen LogP) is 4.97. The molecule has 0 saturated carbocycles. The molecule has 208 valence electrons. The Labute approximate surface area is 236 Å². The summed E-state index contributed by atoms with van der Waals surface area (Å²) in [6, 6.07) is 22.5. The molecule has 1 N–H and O–H groups in total. The van der Waals surface area contributed by atoms with Gasteiger partial charge < -0.3 is 10.2 Å². The molecule has 0 aliphatic heterocycles. The van der Waals surface area contributed by atoms with Gasteiger partial charge in [-0.1, -0.05) is 66.2 Å². The van der Waals surface area contributed by atoms with E-state index in [2.05, 4.69) is 5.32 Å². The Morgan fingerprint density at radius 2 is 1.56 bits per heavy atom. The minimum absolute atomic E-state index is 0.0937. The molecule has 9 heteroatoms. The lowest BCUT2D eigenvalue weighted by atomic mass is 10.0. The first-order chi connectivity index (χ1) is 18.2. The zero-order valence-electron chi connectivity index (χ0n) is 23.0. The van der Waals surface area contributed by atoms with E-state index in [0.717, 1.165) is 27.3 Å². The first-order valence-electron chi connectivity index (χ1n) is 12.7. The van der Waals surface area contributed by atoms with Gasteiger partial charge in [0.2, 0.25) is 21.8 Å². The molecule has 0 saturated heterocycles. The first kappa shape index (κ1) is 30.2. The van der Waals surface area contributed by atoms with Crippen molar-refractivity contribution in [1.82, 2.24) is 10.2 Å². The third-order valence-corrected chi connectivity index (χ3v) is 7.40. The second kappa shape index (κ2) is 12.7. The fourth-order valence-electron chi connectivity index (χ4n) is 4.19. The van der Waals surface area contributed by atoms with Crippen LogP contribution in [0.15, 0.2) is 78.9 Å². The monoisotopic (exact) mass is 569 g/mol. The molecular weight excluding hydrogens is 534 g/mol. The summed E-state index contributed by atoms with van der Waals surface area (Å²) < 4.78 is 26.8. The first-order valence-corrected chi connectivity index (χ1v) is 14.9. The Balaban J connectivity index is 2.07. The Bertz CT molecular complexity index is 1390. The van der Waals surface area contributed by atoms with Crippen LogP contribution >= 0.6 is 11.6 Å². The average Bonchev–Trinajstić information content (AvgIpc) is 2.84. The highest BCUT2D eigenvalue weighted by molar-refractivity contribution is 7.92. The maximum Gasteiger partial charge on any atom is 0.244 e. The fraction of sp³-hybridized carbons (Fsp3) is 0.333. The molecule has 2 amide bonds. The Morgan fingerprint density at radius 3 is 2.13 bits per heavy atom. The normalized spacial score (nSPS) is 12.5. The molecule has 7 nitrogen and oxygen atoms in total. The average molecular weight is 570 g/mol. The molecule has 0 radical (unpaired) electrons. The van der Waals surface area contributed by atoms with E-state index < -0.39 is 34.1 Å². The molecule has 0 spiro atoms. The van der Waals surface area contributed by atoms with Crippen molar-refractivity contribution in [2.45, 2.75) is 52.2 Å². The van der Waals surface area contributed by atoms with Crippen molar-refractivity contribution >= 4 is 39.1 Å². The van der Waals surface area contributed by atoms with E-state index in [0.29, 0.717) is 10.7 Å². The van der Waals surface area contributed by atoms with Crippen molar-refractivity contribution in [1.29, 1.82) is 0 Å². The summed E-state index contributed by atoms with van der Waals surface area (Å²) in [6.07, 6.45) is 1.32. The minimum Gasteiger partial charge on any atom is -0.350 e. The van der Waals surface area contributed by atoms with Crippen molar-refractivity contribution in [3.8, 4) is 0 Å². The molecule has 0 heterocycles. The number of hydrogen-bond donors (Lipinski definition) is 1. The molecule has 1 atom stereocenters. The molecular formula is C30H36ClN3O4S. The Morgan fingerprint density at radius 1 is 0.923 bits per heavy atom. The van der Waals surface area contributed by atoms with Crippen LogP contribution in [0.1, 0.15) is 37.5 Å². The minimum atomic E-state index is -3.81. The Kier molecular flexibility index (Phi) is 9.80. The van der Waals surface area contributed by atoms with E-state index >= 15 is 0 Å². The smallest absolute Gasteiger partial charge is 0.244 e. The number of benzene rings is 3. The highest BCUT2D eigenvalue weighted by atomic mass is 35.5. The maximum absolute atomic E-state index is 14.0. The van der Waals surface area contributed by atoms with E-state index in [1.165, 1.54) is 4.90 Å². The quantitative estimate of drug-likeness (QED) is 0.373. The number of hydrogen-bond acceptors (Lipinski definition) is 4. The summed E-state index contributed by atoms with van der Waals surface area (Å²) in [6.45, 7) is 7.11. The van der Waals surface area contributed by atoms with Crippen LogP contribution in [0, 0.1) is 6.92 Å². The lowest BCUT2D eigenvalue weighted by molar-refractivity contribution is -0.140. The van der Waals surface area contributed by atoms with Gasteiger partial charge in [0.15, 0.2) is 0 Å². The number of sulfonamides is 1. The van der Waals surface area contributed by atoms with Gasteiger partial charge in [-0.15, -0.1) is 0 Å². The van der Waals surface area contributed by atoms with Gasteiger partial charge >= 0.3 is 0 Å². The van der Waals surface area contributed by atoms with Gasteiger partial charge in [-0.05, 0) is 68.7 Å². The van der Waals surface area contributed by atoms with Crippen molar-refractivity contribution in [3.63, 3.8) is 0 Å². The molecule has 0 aliphatic carbocycles. The van der Waals surface area contributed by atoms with Gasteiger partial charge in [0, 0.05) is 23.5 Å². The number of aryl methyl sites for hydroxylation is 1. The van der Waals surface area contributed by atoms with Crippen LogP contribution < -0.4 is 9.62 Å². The van der Waals surface area contributed by atoms with E-state index in [-0.39, 0.29) is 18.9 Å². The summed E-state index contributed by atoms with van der Waals surface area (Å²) in [5, 5.41) is 3.55. The summed E-state index contributed by atoms with van der Waals surface area (Å²) in [4.78, 5) is 29.2. The molecule has 0 aromatic heterocycles. The second-order valence-corrected chi connectivity index (χ2v) is 13.0. The summed E-state index contributed by atoms with van der Waals surface area (Å²) in [5.74, 6) is -0.822. The van der Waals surface area contributed by atoms with Gasteiger partial charge in [-0.2, -0.15) is 0 Å². The number of carbonyl (C=O) groups is 2. The van der Waals surface area contributed by atoms with Crippen LogP contribution in [0.25, 0.3) is 0 Å². The lowest BCUT2D eigenvalue weighted by Crippen LogP contribution is -2.56. The standard InChI is InChI=1S/C30H36ClN3O4S/c1-22-10-9-13-26(18-22)34(39(5,37)38)21-28(35)33(20-24-14-16-25(31)17-15-24)27(29(36)32-30(2,3)4)19-23-11-7-6-8-12-23/h6-18,27H,19-21H2,1-5H3,(H,32,36). The highest BCUT2D eigenvalue weighted by Gasteiger charge is 2.34. The SMILES string of the molecule is Cc1cccc(N(CC(=O)N(Cc2ccc(Cl)cc2)C(Cc2ccccc2)C(=O)NC(C)(C)C)S(C)(=O)=O)c1. The highest BCUT2D eigenvalue weighted by Crippen LogP contribution is 2.22. The lowest BCUT2D eigenvalue weighted by Gasteiger charge is -2.35. The fourth-order valence-corrected chi connectivity index (χ4v) is 5.16. The largest absolute Gasteiger partial charge is 0.350 e. The number of nitrogens with zero attached hydrogens (tertiary/aromatic N) is 2. The van der Waals surface area contributed by atoms with Crippen LogP contribution in [0.2, 0.25) is 5.02 Å². The molecule has 3 rings (SSSR count). The number of nitrogens with one attached hydrogen (secondary N) is 1. The number of amides is 2. The predicted molar refractivity (Wildman–Crippen MR) is 157 cm³/mol. The number of halogens is 1. The zero-order chi connectivity index (χ0) is 28.8. The van der Waals surface area contributed by atoms with Crippen LogP contribution in [0.4, 0.5) is 5.69 Å². The number of carbonyl (C=O) groups excluding carboxylic acids is 2. The van der Waals surface area contributed by atoms with Gasteiger partial charge in [-0.3, -0.25) is 13.9 Å². The van der Waals surface area contributed by atoms with E-state index in [4.69, 9.17) is 11.6 Å². The molecule has 1 unspecified atom stereocenters. The molecule has 39 heavy (non-hydrogen) atoms. The van der Waals surface area contributed by atoms with Crippen molar-refractivity contribution in [2.24, 2.45) is 0 Å². The zero-order valence-corrected chi connectivity index (χ0v) is 24.6. The molecule has 0 fully saturated rings. The second-order valence-electron chi connectivity index (χ2n) is 10.7. The van der Waals surface area contributed by atoms with Crippen molar-refractivity contribution in [3.05, 3.63) is 101 Å². The van der Waals surface area contributed by atoms with Crippen molar-refractivity contribution in [2.75, 3.05) is 17.1 Å². The summed E-state index contributed by atoms with van der Waals surface area (Å²) >= 11 is 6.09. The summed E-state index contributed by atoms with van der Waals surface area (Å²) in [7, 11) is -3.81. The van der Waals surface area contributed by atoms with Gasteiger partial charge in [0.05, 0.1) is 11.9 Å². The topological polar surface area (TPSA) is 86.8 Å². The maximum atomic E-state index is 14.0. The third kappa shape index (κ3) is 9.11. The van der Waals surface area contributed by atoms with E-state index in [9.17, 15) is 18.0 Å². The summed E-state index contributed by atoms with van der Waals surface area (Å²) in [5.41, 5.74) is 2.34. The van der Waals surface area contributed by atoms with Crippen LogP contribution in [-0.4, -0.2) is 49.5 Å². The van der Waals surface area contributed by atoms with E-state index in [1.807, 2.05) is 64.1 Å². The third-order valence-electron chi connectivity index (χ3n) is 6.00. The number of rotatable bonds is 10. The van der Waals surface area contributed by atoms with Gasteiger partial charge in [0.1, 0.15) is 12.6 Å². The van der Waals surface area contributed by atoms with Crippen molar-refractivity contribution < 1.29 is 18.0 Å². The van der Waals surface area contributed by atoms with Crippen LogP contribution in [0.3, 0.4) is 0 Å². The van der Waals surface area contributed by atoms with E-state index in [1.54, 1.807) is 42.5 Å².